The minimum atomic E-state index is -0.162. The van der Waals surface area contributed by atoms with Crippen molar-refractivity contribution < 1.29 is 14.3 Å². The van der Waals surface area contributed by atoms with E-state index < -0.39 is 0 Å². The first-order valence-corrected chi connectivity index (χ1v) is 11.2. The third kappa shape index (κ3) is 6.31. The van der Waals surface area contributed by atoms with Gasteiger partial charge in [-0.1, -0.05) is 30.3 Å². The lowest BCUT2D eigenvalue weighted by Gasteiger charge is -2.30. The van der Waals surface area contributed by atoms with Gasteiger partial charge in [0.15, 0.2) is 0 Å². The van der Waals surface area contributed by atoms with E-state index in [-0.39, 0.29) is 24.6 Å². The average Bonchev–Trinajstić information content (AvgIpc) is 3.38. The van der Waals surface area contributed by atoms with Crippen LogP contribution >= 0.6 is 11.3 Å². The molecule has 1 saturated heterocycles. The highest BCUT2D eigenvalue weighted by Gasteiger charge is 2.27. The maximum absolute atomic E-state index is 13.3. The molecule has 0 radical (unpaired) electrons. The fourth-order valence-electron chi connectivity index (χ4n) is 3.58. The molecule has 0 aliphatic carbocycles. The number of rotatable bonds is 8. The van der Waals surface area contributed by atoms with E-state index in [1.54, 1.807) is 30.3 Å². The van der Waals surface area contributed by atoms with Crippen LogP contribution in [0.25, 0.3) is 0 Å². The zero-order chi connectivity index (χ0) is 21.5. The van der Waals surface area contributed by atoms with E-state index in [4.69, 9.17) is 4.74 Å². The Morgan fingerprint density at radius 2 is 1.83 bits per heavy atom. The number of carbonyl (C=O) groups excluding carboxylic acids is 2. The van der Waals surface area contributed by atoms with E-state index in [2.05, 4.69) is 19.1 Å². The third-order valence-corrected chi connectivity index (χ3v) is 6.12. The Bertz CT molecular complexity index is 831. The van der Waals surface area contributed by atoms with Gasteiger partial charge in [0.05, 0.1) is 12.6 Å². The number of nitrogens with zero attached hydrogens (tertiary/aromatic N) is 3. The summed E-state index contributed by atoms with van der Waals surface area (Å²) in [6.45, 7) is 4.34. The van der Waals surface area contributed by atoms with Crippen LogP contribution in [0, 0.1) is 6.92 Å². The van der Waals surface area contributed by atoms with Crippen LogP contribution in [0.2, 0.25) is 0 Å². The largest absolute Gasteiger partial charge is 0.376 e. The average molecular weight is 430 g/mol. The molecule has 30 heavy (non-hydrogen) atoms. The third-order valence-electron chi connectivity index (χ3n) is 5.14. The van der Waals surface area contributed by atoms with E-state index in [0.29, 0.717) is 19.6 Å². The summed E-state index contributed by atoms with van der Waals surface area (Å²) in [4.78, 5) is 33.4. The predicted molar refractivity (Wildman–Crippen MR) is 119 cm³/mol. The fourth-order valence-corrected chi connectivity index (χ4v) is 4.49. The minimum absolute atomic E-state index is 0.00391. The molecule has 7 heteroatoms. The van der Waals surface area contributed by atoms with Crippen molar-refractivity contribution >= 4 is 23.3 Å². The van der Waals surface area contributed by atoms with Gasteiger partial charge in [0.25, 0.3) is 0 Å². The standard InChI is InChI=1S/C23H31N3O3S/c1-18-11-12-21(30-18)16-25(14-19-8-5-4-6-9-19)22(27)17-26(23(28)24(2)3)15-20-10-7-13-29-20/h4-6,8-9,11-12,20H,7,10,13-17H2,1-3H3/t20-/m0/s1. The summed E-state index contributed by atoms with van der Waals surface area (Å²) in [7, 11) is 3.43. The Balaban J connectivity index is 1.75. The first-order chi connectivity index (χ1) is 14.4. The summed E-state index contributed by atoms with van der Waals surface area (Å²) >= 11 is 1.70. The summed E-state index contributed by atoms with van der Waals surface area (Å²) in [5.41, 5.74) is 1.07. The molecule has 1 aliphatic rings. The molecule has 0 saturated carbocycles. The summed E-state index contributed by atoms with van der Waals surface area (Å²) in [6, 6.07) is 14.0. The lowest BCUT2D eigenvalue weighted by molar-refractivity contribution is -0.133. The number of aryl methyl sites for hydroxylation is 1. The van der Waals surface area contributed by atoms with Gasteiger partial charge >= 0.3 is 6.03 Å². The summed E-state index contributed by atoms with van der Waals surface area (Å²) < 4.78 is 5.71. The summed E-state index contributed by atoms with van der Waals surface area (Å²) in [5.74, 6) is -0.0573. The first-order valence-electron chi connectivity index (χ1n) is 10.4. The maximum atomic E-state index is 13.3. The lowest BCUT2D eigenvalue weighted by Crippen LogP contribution is -2.48. The normalized spacial score (nSPS) is 15.8. The number of benzene rings is 1. The van der Waals surface area contributed by atoms with Crippen molar-refractivity contribution in [3.05, 3.63) is 57.8 Å². The van der Waals surface area contributed by atoms with E-state index in [1.807, 2.05) is 35.2 Å². The number of hydrogen-bond acceptors (Lipinski definition) is 4. The zero-order valence-corrected chi connectivity index (χ0v) is 18.9. The molecule has 1 atom stereocenters. The van der Waals surface area contributed by atoms with Gasteiger partial charge in [-0.05, 0) is 37.5 Å². The van der Waals surface area contributed by atoms with Gasteiger partial charge in [-0.3, -0.25) is 4.79 Å². The molecule has 2 heterocycles. The molecule has 162 valence electrons. The highest BCUT2D eigenvalue weighted by Crippen LogP contribution is 2.20. The van der Waals surface area contributed by atoms with Crippen molar-refractivity contribution in [3.8, 4) is 0 Å². The Kier molecular flexibility index (Phi) is 7.87. The van der Waals surface area contributed by atoms with Crippen molar-refractivity contribution in [2.75, 3.05) is 33.8 Å². The molecule has 3 amide bonds. The molecule has 0 bridgehead atoms. The number of urea groups is 1. The Hall–Kier alpha value is -2.38. The Morgan fingerprint density at radius 1 is 1.07 bits per heavy atom. The fraction of sp³-hybridized carbons (Fsp3) is 0.478. The van der Waals surface area contributed by atoms with Crippen LogP contribution < -0.4 is 0 Å². The molecule has 0 unspecified atom stereocenters. The summed E-state index contributed by atoms with van der Waals surface area (Å²) in [6.07, 6.45) is 1.93. The van der Waals surface area contributed by atoms with Crippen molar-refractivity contribution in [1.29, 1.82) is 0 Å². The van der Waals surface area contributed by atoms with Crippen LogP contribution in [0.1, 0.15) is 28.2 Å². The second-order valence-electron chi connectivity index (χ2n) is 7.94. The monoisotopic (exact) mass is 429 g/mol. The number of carbonyl (C=O) groups is 2. The van der Waals surface area contributed by atoms with Gasteiger partial charge in [0.1, 0.15) is 6.54 Å². The van der Waals surface area contributed by atoms with Gasteiger partial charge in [-0.25, -0.2) is 4.79 Å². The molecule has 6 nitrogen and oxygen atoms in total. The SMILES string of the molecule is Cc1ccc(CN(Cc2ccccc2)C(=O)CN(C[C@@H]2CCCO2)C(=O)N(C)C)s1. The number of hydrogen-bond donors (Lipinski definition) is 0. The van der Waals surface area contributed by atoms with Gasteiger partial charge in [0.2, 0.25) is 5.91 Å². The molecule has 1 aromatic heterocycles. The molecule has 1 aliphatic heterocycles. The van der Waals surface area contributed by atoms with Crippen molar-refractivity contribution in [2.24, 2.45) is 0 Å². The quantitative estimate of drug-likeness (QED) is 0.642. The molecule has 0 spiro atoms. The van der Waals surface area contributed by atoms with Crippen LogP contribution in [-0.2, 0) is 22.6 Å². The zero-order valence-electron chi connectivity index (χ0n) is 18.0. The Labute approximate surface area is 183 Å². The second-order valence-corrected chi connectivity index (χ2v) is 9.31. The number of ether oxygens (including phenoxy) is 1. The molecule has 1 fully saturated rings. The number of amides is 3. The topological polar surface area (TPSA) is 53.1 Å². The Morgan fingerprint density at radius 3 is 2.43 bits per heavy atom. The van der Waals surface area contributed by atoms with Crippen molar-refractivity contribution in [1.82, 2.24) is 14.7 Å². The molecular formula is C23H31N3O3S. The van der Waals surface area contributed by atoms with E-state index >= 15 is 0 Å². The van der Waals surface area contributed by atoms with Crippen LogP contribution in [0.3, 0.4) is 0 Å². The molecule has 1 aromatic carbocycles. The predicted octanol–water partition coefficient (Wildman–Crippen LogP) is 3.75. The molecule has 3 rings (SSSR count). The highest BCUT2D eigenvalue weighted by molar-refractivity contribution is 7.11. The first kappa shape index (κ1) is 22.3. The smallest absolute Gasteiger partial charge is 0.320 e. The van der Waals surface area contributed by atoms with Crippen LogP contribution in [0.4, 0.5) is 4.79 Å². The van der Waals surface area contributed by atoms with Crippen molar-refractivity contribution in [3.63, 3.8) is 0 Å². The van der Waals surface area contributed by atoms with Crippen LogP contribution in [-0.4, -0.2) is 66.5 Å². The van der Waals surface area contributed by atoms with Gasteiger partial charge < -0.3 is 19.4 Å². The minimum Gasteiger partial charge on any atom is -0.376 e. The van der Waals surface area contributed by atoms with E-state index in [0.717, 1.165) is 29.9 Å². The maximum Gasteiger partial charge on any atom is 0.320 e. The van der Waals surface area contributed by atoms with Gasteiger partial charge in [-0.2, -0.15) is 0 Å². The van der Waals surface area contributed by atoms with Gasteiger partial charge in [0, 0.05) is 43.5 Å². The van der Waals surface area contributed by atoms with Crippen molar-refractivity contribution in [2.45, 2.75) is 39.0 Å². The van der Waals surface area contributed by atoms with Crippen LogP contribution in [0.5, 0.6) is 0 Å². The second kappa shape index (κ2) is 10.6. The number of thiophene rings is 1. The van der Waals surface area contributed by atoms with Crippen LogP contribution in [0.15, 0.2) is 42.5 Å². The molecular weight excluding hydrogens is 398 g/mol. The van der Waals surface area contributed by atoms with E-state index in [1.165, 1.54) is 9.78 Å². The summed E-state index contributed by atoms with van der Waals surface area (Å²) in [5, 5.41) is 0. The lowest BCUT2D eigenvalue weighted by atomic mass is 10.2. The van der Waals surface area contributed by atoms with E-state index in [9.17, 15) is 9.59 Å². The molecule has 2 aromatic rings. The molecule has 0 N–H and O–H groups in total. The van der Waals surface area contributed by atoms with Gasteiger partial charge in [-0.15, -0.1) is 11.3 Å². The highest BCUT2D eigenvalue weighted by atomic mass is 32.1.